The van der Waals surface area contributed by atoms with E-state index >= 15 is 0 Å². The molecule has 1 unspecified atom stereocenters. The maximum absolute atomic E-state index is 10.5. The summed E-state index contributed by atoms with van der Waals surface area (Å²) in [5.41, 5.74) is 1.65. The minimum Gasteiger partial charge on any atom is -0.478 e. The van der Waals surface area contributed by atoms with Gasteiger partial charge in [0.1, 0.15) is 0 Å². The van der Waals surface area contributed by atoms with E-state index in [-0.39, 0.29) is 0 Å². The van der Waals surface area contributed by atoms with Gasteiger partial charge in [0.05, 0.1) is 0 Å². The first-order valence-electron chi connectivity index (χ1n) is 8.12. The maximum atomic E-state index is 10.5. The lowest BCUT2D eigenvalue weighted by Crippen LogP contribution is -2.00. The molecule has 1 aromatic rings. The largest absolute Gasteiger partial charge is 0.478 e. The van der Waals surface area contributed by atoms with Crippen LogP contribution in [0.3, 0.4) is 0 Å². The van der Waals surface area contributed by atoms with E-state index in [1.807, 2.05) is 42.5 Å². The molecule has 22 heavy (non-hydrogen) atoms. The second kappa shape index (κ2) is 12.9. The number of aliphatic carboxylic acids is 1. The number of hydrogen-bond donors (Lipinski definition) is 1. The first-order chi connectivity index (χ1) is 10.5. The van der Waals surface area contributed by atoms with E-state index in [1.165, 1.54) is 24.8 Å². The predicted molar refractivity (Wildman–Crippen MR) is 95.8 cm³/mol. The number of rotatable bonds is 8. The van der Waals surface area contributed by atoms with Crippen LogP contribution in [-0.2, 0) is 4.79 Å². The third-order valence-electron chi connectivity index (χ3n) is 3.67. The molecular formula is C20H30O2. The zero-order chi connectivity index (χ0) is 16.8. The summed E-state index contributed by atoms with van der Waals surface area (Å²) in [6.07, 6.45) is 9.43. The van der Waals surface area contributed by atoms with Crippen LogP contribution in [0.15, 0.2) is 48.6 Å². The molecule has 0 spiro atoms. The van der Waals surface area contributed by atoms with Crippen LogP contribution in [0.25, 0.3) is 6.08 Å². The van der Waals surface area contributed by atoms with Crippen molar-refractivity contribution in [2.45, 2.75) is 52.9 Å². The summed E-state index contributed by atoms with van der Waals surface area (Å²) in [7, 11) is 0. The smallest absolute Gasteiger partial charge is 0.330 e. The molecule has 1 N–H and O–H groups in total. The Morgan fingerprint density at radius 1 is 1.27 bits per heavy atom. The first kappa shape index (κ1) is 20.2. The molecule has 0 aliphatic rings. The van der Waals surface area contributed by atoms with E-state index in [0.717, 1.165) is 12.8 Å². The summed E-state index contributed by atoms with van der Waals surface area (Å²) in [5, 5.41) is 8.68. The minimum absolute atomic E-state index is 0.472. The molecule has 2 heteroatoms. The van der Waals surface area contributed by atoms with Crippen molar-refractivity contribution in [3.8, 4) is 0 Å². The second-order valence-electron chi connectivity index (χ2n) is 5.46. The highest BCUT2D eigenvalue weighted by Crippen LogP contribution is 2.17. The molecular weight excluding hydrogens is 272 g/mol. The highest BCUT2D eigenvalue weighted by molar-refractivity contribution is 5.85. The van der Waals surface area contributed by atoms with E-state index in [2.05, 4.69) is 20.4 Å². The summed E-state index contributed by atoms with van der Waals surface area (Å²) in [6.45, 7) is 9.65. The van der Waals surface area contributed by atoms with E-state index in [4.69, 9.17) is 5.11 Å². The standard InChI is InChI=1S/C12H22O2.C8H8/c1-4-6-7-11(5-2)9-8-10(3)12(13)14;1-2-8-6-4-3-5-7-8/h8,11H,4-7,9H2,1-3H3,(H,13,14);2-7H,1H2/b10-8+;. The molecule has 1 aromatic carbocycles. The molecule has 0 heterocycles. The second-order valence-corrected chi connectivity index (χ2v) is 5.46. The SMILES string of the molecule is C=Cc1ccccc1.CCCCC(CC)C/C=C(\C)C(=O)O. The van der Waals surface area contributed by atoms with Gasteiger partial charge in [0, 0.05) is 5.57 Å². The highest BCUT2D eigenvalue weighted by Gasteiger charge is 2.05. The fourth-order valence-electron chi connectivity index (χ4n) is 2.00. The third kappa shape index (κ3) is 9.98. The average Bonchev–Trinajstić information content (AvgIpc) is 2.56. The molecule has 0 saturated heterocycles. The topological polar surface area (TPSA) is 37.3 Å². The number of carboxylic acid groups (broad SMARTS) is 1. The van der Waals surface area contributed by atoms with Crippen LogP contribution in [0.4, 0.5) is 0 Å². The van der Waals surface area contributed by atoms with Crippen LogP contribution < -0.4 is 0 Å². The number of hydrogen-bond acceptors (Lipinski definition) is 1. The lowest BCUT2D eigenvalue weighted by molar-refractivity contribution is -0.132. The summed E-state index contributed by atoms with van der Waals surface area (Å²) in [6, 6.07) is 10.0. The predicted octanol–water partition coefficient (Wildman–Crippen LogP) is 5.95. The van der Waals surface area contributed by atoms with Gasteiger partial charge in [0.2, 0.25) is 0 Å². The fourth-order valence-corrected chi connectivity index (χ4v) is 2.00. The zero-order valence-electron chi connectivity index (χ0n) is 14.2. The quantitative estimate of drug-likeness (QED) is 0.602. The van der Waals surface area contributed by atoms with Crippen LogP contribution >= 0.6 is 0 Å². The Bertz CT molecular complexity index is 446. The molecule has 1 atom stereocenters. The van der Waals surface area contributed by atoms with Crippen molar-refractivity contribution in [2.75, 3.05) is 0 Å². The summed E-state index contributed by atoms with van der Waals surface area (Å²) >= 11 is 0. The number of allylic oxidation sites excluding steroid dienone is 1. The first-order valence-corrected chi connectivity index (χ1v) is 8.12. The Kier molecular flexibility index (Phi) is 11.8. The van der Waals surface area contributed by atoms with Gasteiger partial charge in [-0.2, -0.15) is 0 Å². The molecule has 0 aliphatic heterocycles. The highest BCUT2D eigenvalue weighted by atomic mass is 16.4. The average molecular weight is 302 g/mol. The maximum Gasteiger partial charge on any atom is 0.330 e. The van der Waals surface area contributed by atoms with Crippen molar-refractivity contribution in [1.29, 1.82) is 0 Å². The van der Waals surface area contributed by atoms with Crippen molar-refractivity contribution in [3.63, 3.8) is 0 Å². The minimum atomic E-state index is -0.796. The fraction of sp³-hybridized carbons (Fsp3) is 0.450. The van der Waals surface area contributed by atoms with Gasteiger partial charge in [-0.1, -0.05) is 88.6 Å². The molecule has 1 rings (SSSR count). The monoisotopic (exact) mass is 302 g/mol. The summed E-state index contributed by atoms with van der Waals surface area (Å²) < 4.78 is 0. The van der Waals surface area contributed by atoms with Gasteiger partial charge in [-0.05, 0) is 24.8 Å². The lowest BCUT2D eigenvalue weighted by atomic mass is 9.95. The van der Waals surface area contributed by atoms with Gasteiger partial charge in [-0.25, -0.2) is 4.79 Å². The van der Waals surface area contributed by atoms with E-state index in [9.17, 15) is 4.79 Å². The van der Waals surface area contributed by atoms with Crippen LogP contribution in [0.5, 0.6) is 0 Å². The Morgan fingerprint density at radius 2 is 1.91 bits per heavy atom. The number of carboxylic acids is 1. The van der Waals surface area contributed by atoms with Crippen molar-refractivity contribution < 1.29 is 9.90 Å². The Morgan fingerprint density at radius 3 is 2.32 bits per heavy atom. The number of benzene rings is 1. The third-order valence-corrected chi connectivity index (χ3v) is 3.67. The summed E-state index contributed by atoms with van der Waals surface area (Å²) in [5.74, 6) is -0.139. The van der Waals surface area contributed by atoms with Crippen molar-refractivity contribution in [2.24, 2.45) is 5.92 Å². The van der Waals surface area contributed by atoms with Crippen LogP contribution in [0, 0.1) is 5.92 Å². The Labute approximate surface area is 135 Å². The van der Waals surface area contributed by atoms with E-state index in [1.54, 1.807) is 6.92 Å². The number of unbranched alkanes of at least 4 members (excludes halogenated alkanes) is 1. The van der Waals surface area contributed by atoms with Gasteiger partial charge in [0.15, 0.2) is 0 Å². The van der Waals surface area contributed by atoms with Crippen LogP contribution in [0.2, 0.25) is 0 Å². The molecule has 0 fully saturated rings. The molecule has 0 aliphatic carbocycles. The van der Waals surface area contributed by atoms with Gasteiger partial charge in [-0.15, -0.1) is 0 Å². The molecule has 0 radical (unpaired) electrons. The lowest BCUT2D eigenvalue weighted by Gasteiger charge is -2.11. The molecule has 0 aromatic heterocycles. The Hall–Kier alpha value is -1.83. The van der Waals surface area contributed by atoms with Gasteiger partial charge < -0.3 is 5.11 Å². The zero-order valence-corrected chi connectivity index (χ0v) is 14.2. The van der Waals surface area contributed by atoms with Crippen LogP contribution in [0.1, 0.15) is 58.4 Å². The normalized spacial score (nSPS) is 12.0. The van der Waals surface area contributed by atoms with Gasteiger partial charge >= 0.3 is 5.97 Å². The van der Waals surface area contributed by atoms with Crippen LogP contribution in [-0.4, -0.2) is 11.1 Å². The molecule has 0 amide bonds. The van der Waals surface area contributed by atoms with Gasteiger partial charge in [0.25, 0.3) is 0 Å². The number of carbonyl (C=O) groups is 1. The van der Waals surface area contributed by atoms with Crippen molar-refractivity contribution >= 4 is 12.0 Å². The molecule has 0 bridgehead atoms. The van der Waals surface area contributed by atoms with Gasteiger partial charge in [-0.3, -0.25) is 0 Å². The molecule has 122 valence electrons. The van der Waals surface area contributed by atoms with Crippen molar-refractivity contribution in [1.82, 2.24) is 0 Å². The van der Waals surface area contributed by atoms with E-state index < -0.39 is 5.97 Å². The summed E-state index contributed by atoms with van der Waals surface area (Å²) in [4.78, 5) is 10.5. The Balaban J connectivity index is 0.000000461. The molecule has 0 saturated carbocycles. The van der Waals surface area contributed by atoms with Crippen molar-refractivity contribution in [3.05, 3.63) is 54.1 Å². The molecule has 2 nitrogen and oxygen atoms in total. The van der Waals surface area contributed by atoms with E-state index in [0.29, 0.717) is 11.5 Å².